The van der Waals surface area contributed by atoms with Crippen LogP contribution in [-0.4, -0.2) is 21.9 Å². The number of anilines is 1. The number of carbonyl (C=O) groups excluding carboxylic acids is 1. The summed E-state index contributed by atoms with van der Waals surface area (Å²) >= 11 is 2.58. The predicted octanol–water partition coefficient (Wildman–Crippen LogP) is 1.68. The van der Waals surface area contributed by atoms with Crippen LogP contribution >= 0.6 is 23.1 Å². The SMILES string of the molecule is C[C@H](NC(=O)CSc1nnc(N)s1)c1ccco1. The molecule has 2 aromatic rings. The molecule has 0 fully saturated rings. The van der Waals surface area contributed by atoms with Gasteiger partial charge in [0.15, 0.2) is 4.34 Å². The fourth-order valence-corrected chi connectivity index (χ4v) is 2.75. The molecule has 0 aliphatic rings. The Morgan fingerprint density at radius 1 is 1.67 bits per heavy atom. The molecule has 1 amide bonds. The highest BCUT2D eigenvalue weighted by Gasteiger charge is 2.12. The van der Waals surface area contributed by atoms with Crippen LogP contribution in [0.1, 0.15) is 18.7 Å². The van der Waals surface area contributed by atoms with E-state index in [-0.39, 0.29) is 17.7 Å². The molecule has 0 aromatic carbocycles. The molecule has 0 radical (unpaired) electrons. The number of nitrogens with one attached hydrogen (secondary N) is 1. The van der Waals surface area contributed by atoms with Crippen molar-refractivity contribution in [3.63, 3.8) is 0 Å². The maximum absolute atomic E-state index is 11.7. The zero-order valence-electron chi connectivity index (χ0n) is 9.62. The van der Waals surface area contributed by atoms with E-state index >= 15 is 0 Å². The Hall–Kier alpha value is -1.54. The van der Waals surface area contributed by atoms with Gasteiger partial charge in [-0.3, -0.25) is 4.79 Å². The quantitative estimate of drug-likeness (QED) is 0.811. The van der Waals surface area contributed by atoms with Gasteiger partial charge in [0.1, 0.15) is 5.76 Å². The van der Waals surface area contributed by atoms with Crippen molar-refractivity contribution in [2.45, 2.75) is 17.3 Å². The molecule has 18 heavy (non-hydrogen) atoms. The first-order valence-corrected chi connectivity index (χ1v) is 7.00. The average molecular weight is 284 g/mol. The van der Waals surface area contributed by atoms with E-state index < -0.39 is 0 Å². The normalized spacial score (nSPS) is 12.3. The zero-order valence-corrected chi connectivity index (χ0v) is 11.3. The van der Waals surface area contributed by atoms with Gasteiger partial charge in [-0.05, 0) is 19.1 Å². The van der Waals surface area contributed by atoms with Gasteiger partial charge in [0.2, 0.25) is 11.0 Å². The predicted molar refractivity (Wildman–Crippen MR) is 70.3 cm³/mol. The third-order valence-corrected chi connectivity index (χ3v) is 3.98. The van der Waals surface area contributed by atoms with E-state index in [0.717, 1.165) is 5.76 Å². The van der Waals surface area contributed by atoms with Gasteiger partial charge >= 0.3 is 0 Å². The van der Waals surface area contributed by atoms with Crippen molar-refractivity contribution in [2.24, 2.45) is 0 Å². The van der Waals surface area contributed by atoms with Crippen LogP contribution in [0.4, 0.5) is 5.13 Å². The van der Waals surface area contributed by atoms with Gasteiger partial charge in [0, 0.05) is 0 Å². The van der Waals surface area contributed by atoms with Crippen molar-refractivity contribution in [1.82, 2.24) is 15.5 Å². The lowest BCUT2D eigenvalue weighted by Gasteiger charge is -2.10. The van der Waals surface area contributed by atoms with Crippen molar-refractivity contribution < 1.29 is 9.21 Å². The van der Waals surface area contributed by atoms with Gasteiger partial charge in [-0.2, -0.15) is 0 Å². The summed E-state index contributed by atoms with van der Waals surface area (Å²) in [5.41, 5.74) is 5.45. The van der Waals surface area contributed by atoms with E-state index in [1.807, 2.05) is 13.0 Å². The minimum Gasteiger partial charge on any atom is -0.467 e. The number of rotatable bonds is 5. The van der Waals surface area contributed by atoms with Crippen LogP contribution in [0.3, 0.4) is 0 Å². The van der Waals surface area contributed by atoms with E-state index in [4.69, 9.17) is 10.2 Å². The lowest BCUT2D eigenvalue weighted by molar-refractivity contribution is -0.119. The molecule has 0 saturated heterocycles. The average Bonchev–Trinajstić information content (AvgIpc) is 2.97. The van der Waals surface area contributed by atoms with Gasteiger partial charge in [0.05, 0.1) is 18.1 Å². The number of nitrogens with zero attached hydrogens (tertiary/aromatic N) is 2. The van der Waals surface area contributed by atoms with Crippen molar-refractivity contribution >= 4 is 34.1 Å². The van der Waals surface area contributed by atoms with Crippen LogP contribution in [0.5, 0.6) is 0 Å². The number of amides is 1. The van der Waals surface area contributed by atoms with Crippen LogP contribution in [0, 0.1) is 0 Å². The third-order valence-electron chi connectivity index (χ3n) is 2.10. The van der Waals surface area contributed by atoms with E-state index in [9.17, 15) is 4.79 Å². The van der Waals surface area contributed by atoms with Crippen LogP contribution in [0.2, 0.25) is 0 Å². The van der Waals surface area contributed by atoms with Gasteiger partial charge in [0.25, 0.3) is 0 Å². The van der Waals surface area contributed by atoms with Crippen LogP contribution in [0.25, 0.3) is 0 Å². The first-order chi connectivity index (χ1) is 8.65. The van der Waals surface area contributed by atoms with E-state index in [0.29, 0.717) is 9.47 Å². The van der Waals surface area contributed by atoms with E-state index in [1.165, 1.54) is 23.1 Å². The largest absolute Gasteiger partial charge is 0.467 e. The molecule has 2 heterocycles. The number of furan rings is 1. The second-order valence-electron chi connectivity index (χ2n) is 3.50. The van der Waals surface area contributed by atoms with Gasteiger partial charge in [-0.15, -0.1) is 10.2 Å². The number of hydrogen-bond donors (Lipinski definition) is 2. The smallest absolute Gasteiger partial charge is 0.231 e. The van der Waals surface area contributed by atoms with Crippen LogP contribution < -0.4 is 11.1 Å². The number of nitrogens with two attached hydrogens (primary N) is 1. The van der Waals surface area contributed by atoms with Crippen molar-refractivity contribution in [3.05, 3.63) is 24.2 Å². The van der Waals surface area contributed by atoms with E-state index in [2.05, 4.69) is 15.5 Å². The fraction of sp³-hybridized carbons (Fsp3) is 0.300. The first kappa shape index (κ1) is 12.9. The standard InChI is InChI=1S/C10H12N4O2S2/c1-6(7-3-2-4-16-7)12-8(15)5-17-10-14-13-9(11)18-10/h2-4,6H,5H2,1H3,(H2,11,13)(H,12,15)/t6-/m0/s1. The molecule has 0 bridgehead atoms. The molecule has 0 unspecified atom stereocenters. The minimum absolute atomic E-state index is 0.0855. The highest BCUT2D eigenvalue weighted by atomic mass is 32.2. The Morgan fingerprint density at radius 2 is 2.50 bits per heavy atom. The summed E-state index contributed by atoms with van der Waals surface area (Å²) in [6, 6.07) is 3.47. The fourth-order valence-electron chi connectivity index (χ4n) is 1.30. The lowest BCUT2D eigenvalue weighted by Crippen LogP contribution is -2.27. The molecule has 8 heteroatoms. The maximum atomic E-state index is 11.7. The summed E-state index contributed by atoms with van der Waals surface area (Å²) in [6.07, 6.45) is 1.58. The Bertz CT molecular complexity index is 512. The minimum atomic E-state index is -0.146. The number of nitrogen functional groups attached to an aromatic ring is 1. The molecule has 1 atom stereocenters. The number of carbonyl (C=O) groups is 1. The molecule has 0 saturated carbocycles. The van der Waals surface area contributed by atoms with E-state index in [1.54, 1.807) is 12.3 Å². The molecule has 2 aromatic heterocycles. The molecule has 0 aliphatic heterocycles. The second kappa shape index (κ2) is 5.87. The topological polar surface area (TPSA) is 94.0 Å². The summed E-state index contributed by atoms with van der Waals surface area (Å²) in [6.45, 7) is 1.87. The molecule has 6 nitrogen and oxygen atoms in total. The van der Waals surface area contributed by atoms with Crippen molar-refractivity contribution in [2.75, 3.05) is 11.5 Å². The molecule has 96 valence electrons. The molecular weight excluding hydrogens is 272 g/mol. The lowest BCUT2D eigenvalue weighted by atomic mass is 10.2. The highest BCUT2D eigenvalue weighted by molar-refractivity contribution is 8.01. The molecule has 0 aliphatic carbocycles. The van der Waals surface area contributed by atoms with Crippen LogP contribution in [-0.2, 0) is 4.79 Å². The second-order valence-corrected chi connectivity index (χ2v) is 5.73. The summed E-state index contributed by atoms with van der Waals surface area (Å²) in [7, 11) is 0. The Balaban J connectivity index is 1.78. The Morgan fingerprint density at radius 3 is 3.11 bits per heavy atom. The number of aromatic nitrogens is 2. The molecule has 3 N–H and O–H groups in total. The van der Waals surface area contributed by atoms with Gasteiger partial charge < -0.3 is 15.5 Å². The summed E-state index contributed by atoms with van der Waals surface area (Å²) < 4.78 is 5.89. The number of thioether (sulfide) groups is 1. The maximum Gasteiger partial charge on any atom is 0.231 e. The summed E-state index contributed by atoms with van der Waals surface area (Å²) in [5.74, 6) is 0.922. The van der Waals surface area contributed by atoms with Crippen LogP contribution in [0.15, 0.2) is 27.2 Å². The zero-order chi connectivity index (χ0) is 13.0. The molecule has 0 spiro atoms. The third kappa shape index (κ3) is 3.47. The number of hydrogen-bond acceptors (Lipinski definition) is 7. The molecular formula is C10H12N4O2S2. The van der Waals surface area contributed by atoms with Gasteiger partial charge in [-0.1, -0.05) is 23.1 Å². The van der Waals surface area contributed by atoms with Gasteiger partial charge in [-0.25, -0.2) is 0 Å². The Labute approximate surface area is 112 Å². The monoisotopic (exact) mass is 284 g/mol. The Kier molecular flexibility index (Phi) is 4.21. The summed E-state index contributed by atoms with van der Waals surface area (Å²) in [5, 5.41) is 10.7. The summed E-state index contributed by atoms with van der Waals surface area (Å²) in [4.78, 5) is 11.7. The first-order valence-electron chi connectivity index (χ1n) is 5.19. The molecule has 2 rings (SSSR count). The van der Waals surface area contributed by atoms with Crippen molar-refractivity contribution in [1.29, 1.82) is 0 Å². The van der Waals surface area contributed by atoms with Crippen molar-refractivity contribution in [3.8, 4) is 0 Å². The highest BCUT2D eigenvalue weighted by Crippen LogP contribution is 2.23.